The van der Waals surface area contributed by atoms with Crippen molar-refractivity contribution in [3.63, 3.8) is 0 Å². The lowest BCUT2D eigenvalue weighted by Gasteiger charge is -2.20. The Kier molecular flexibility index (Phi) is 2.90. The SMILES string of the molecule is OC[C@@H]1C[C@@H](O)[C@H](n2cnc3ncnc-3c2Cl)O1. The number of aromatic nitrogens is 4. The van der Waals surface area contributed by atoms with Gasteiger partial charge in [0.15, 0.2) is 12.1 Å². The number of hydrogen-bond donors (Lipinski definition) is 2. The Morgan fingerprint density at radius 1 is 1.44 bits per heavy atom. The maximum atomic E-state index is 9.91. The Bertz CT molecular complexity index is 534. The molecule has 8 heteroatoms. The summed E-state index contributed by atoms with van der Waals surface area (Å²) in [7, 11) is 0. The molecule has 3 atom stereocenters. The summed E-state index contributed by atoms with van der Waals surface area (Å²) in [6, 6.07) is 0. The van der Waals surface area contributed by atoms with Crippen molar-refractivity contribution < 1.29 is 14.9 Å². The highest BCUT2D eigenvalue weighted by atomic mass is 35.5. The molecule has 3 aliphatic heterocycles. The second-order valence-corrected chi connectivity index (χ2v) is 4.48. The second kappa shape index (κ2) is 4.43. The minimum absolute atomic E-state index is 0.141. The zero-order valence-electron chi connectivity index (χ0n) is 9.27. The lowest BCUT2D eigenvalue weighted by molar-refractivity contribution is -0.0510. The van der Waals surface area contributed by atoms with Gasteiger partial charge in [0.2, 0.25) is 0 Å². The highest BCUT2D eigenvalue weighted by Gasteiger charge is 2.36. The monoisotopic (exact) mass is 270 g/mol. The van der Waals surface area contributed by atoms with Crippen molar-refractivity contribution in [2.24, 2.45) is 0 Å². The topological polar surface area (TPSA) is 93.3 Å². The van der Waals surface area contributed by atoms with E-state index in [1.165, 1.54) is 17.2 Å². The molecule has 0 unspecified atom stereocenters. The summed E-state index contributed by atoms with van der Waals surface area (Å²) < 4.78 is 7.00. The number of hydrogen-bond acceptors (Lipinski definition) is 6. The Balaban J connectivity index is 2.00. The number of ether oxygens (including phenoxy) is 1. The lowest BCUT2D eigenvalue weighted by atomic mass is 10.2. The van der Waals surface area contributed by atoms with Crippen molar-refractivity contribution >= 4 is 11.6 Å². The maximum absolute atomic E-state index is 9.91. The molecule has 0 aromatic carbocycles. The van der Waals surface area contributed by atoms with Gasteiger partial charge in [-0.15, -0.1) is 0 Å². The molecule has 0 amide bonds. The maximum Gasteiger partial charge on any atom is 0.184 e. The van der Waals surface area contributed by atoms with Crippen LogP contribution >= 0.6 is 11.6 Å². The summed E-state index contributed by atoms with van der Waals surface area (Å²) in [5, 5.41) is 19.3. The van der Waals surface area contributed by atoms with E-state index in [1.54, 1.807) is 0 Å². The summed E-state index contributed by atoms with van der Waals surface area (Å²) in [4.78, 5) is 12.0. The average molecular weight is 271 g/mol. The number of halogens is 1. The van der Waals surface area contributed by atoms with Gasteiger partial charge in [-0.2, -0.15) is 0 Å². The third-order valence-corrected chi connectivity index (χ3v) is 3.32. The van der Waals surface area contributed by atoms with Crippen LogP contribution in [0.2, 0.25) is 5.15 Å². The number of nitrogens with zero attached hydrogens (tertiary/aromatic N) is 4. The van der Waals surface area contributed by atoms with Crippen molar-refractivity contribution in [2.75, 3.05) is 6.61 Å². The first-order valence-electron chi connectivity index (χ1n) is 5.48. The molecule has 0 aromatic rings. The largest absolute Gasteiger partial charge is 0.394 e. The molecule has 18 heavy (non-hydrogen) atoms. The minimum atomic E-state index is -0.744. The van der Waals surface area contributed by atoms with E-state index < -0.39 is 18.4 Å². The summed E-state index contributed by atoms with van der Waals surface area (Å²) in [6.45, 7) is -0.141. The number of aliphatic hydroxyl groups excluding tert-OH is 2. The molecule has 0 spiro atoms. The number of fused-ring (bicyclic) bond motifs is 1. The predicted molar refractivity (Wildman–Crippen MR) is 61.1 cm³/mol. The quantitative estimate of drug-likeness (QED) is 0.750. The summed E-state index contributed by atoms with van der Waals surface area (Å²) in [5.41, 5.74) is 0.461. The van der Waals surface area contributed by atoms with Crippen molar-refractivity contribution in [3.05, 3.63) is 17.8 Å². The van der Waals surface area contributed by atoms with Gasteiger partial charge in [0.1, 0.15) is 29.6 Å². The first-order chi connectivity index (χ1) is 8.70. The van der Waals surface area contributed by atoms with Gasteiger partial charge >= 0.3 is 0 Å². The smallest absolute Gasteiger partial charge is 0.184 e. The molecule has 3 aliphatic rings. The predicted octanol–water partition coefficient (Wildman–Crippen LogP) is 0.0720. The van der Waals surface area contributed by atoms with E-state index in [4.69, 9.17) is 21.4 Å². The standard InChI is InChI=1S/C10H11ClN4O3/c11-8-7-9(13-3-12-7)14-4-15(8)10-6(17)1-5(2-16)18-10/h3-6,10,16-17H,1-2H2/t5-,6+,10+/m0/s1. The molecule has 3 rings (SSSR count). The van der Waals surface area contributed by atoms with E-state index in [1.807, 2.05) is 0 Å². The van der Waals surface area contributed by atoms with Crippen LogP contribution in [0.3, 0.4) is 0 Å². The van der Waals surface area contributed by atoms with Crippen LogP contribution < -0.4 is 0 Å². The van der Waals surface area contributed by atoms with E-state index in [0.29, 0.717) is 23.1 Å². The van der Waals surface area contributed by atoms with Crippen LogP contribution in [0.4, 0.5) is 0 Å². The van der Waals surface area contributed by atoms with Gasteiger partial charge in [0.25, 0.3) is 0 Å². The molecular formula is C10H11ClN4O3. The Morgan fingerprint density at radius 2 is 2.28 bits per heavy atom. The van der Waals surface area contributed by atoms with Gasteiger partial charge in [0.05, 0.1) is 12.7 Å². The Hall–Kier alpha value is -1.28. The van der Waals surface area contributed by atoms with Crippen molar-refractivity contribution in [1.82, 2.24) is 19.5 Å². The normalized spacial score (nSPS) is 28.1. The molecule has 1 saturated heterocycles. The van der Waals surface area contributed by atoms with Gasteiger partial charge in [-0.3, -0.25) is 4.57 Å². The van der Waals surface area contributed by atoms with E-state index >= 15 is 0 Å². The minimum Gasteiger partial charge on any atom is -0.394 e. The average Bonchev–Trinajstić information content (AvgIpc) is 2.96. The highest BCUT2D eigenvalue weighted by Crippen LogP contribution is 2.33. The van der Waals surface area contributed by atoms with Crippen LogP contribution in [0.1, 0.15) is 12.6 Å². The third-order valence-electron chi connectivity index (χ3n) is 2.95. The zero-order valence-corrected chi connectivity index (χ0v) is 10.0. The van der Waals surface area contributed by atoms with Gasteiger partial charge in [0, 0.05) is 6.42 Å². The van der Waals surface area contributed by atoms with Gasteiger partial charge in [-0.1, -0.05) is 11.6 Å². The fraction of sp³-hybridized carbons (Fsp3) is 0.500. The number of aliphatic hydroxyl groups is 2. The van der Waals surface area contributed by atoms with Crippen molar-refractivity contribution in [3.8, 4) is 11.5 Å². The Labute approximate surface area is 107 Å². The second-order valence-electron chi connectivity index (χ2n) is 4.12. The molecule has 3 heterocycles. The van der Waals surface area contributed by atoms with Crippen LogP contribution in [0, 0.1) is 0 Å². The van der Waals surface area contributed by atoms with Crippen LogP contribution in [0.5, 0.6) is 0 Å². The summed E-state index contributed by atoms with van der Waals surface area (Å²) in [6.07, 6.45) is 1.38. The van der Waals surface area contributed by atoms with Crippen LogP contribution in [-0.4, -0.2) is 48.5 Å². The fourth-order valence-electron chi connectivity index (χ4n) is 2.07. The van der Waals surface area contributed by atoms with Crippen molar-refractivity contribution in [1.29, 1.82) is 0 Å². The van der Waals surface area contributed by atoms with Gasteiger partial charge < -0.3 is 14.9 Å². The molecule has 96 valence electrons. The number of imidazole rings is 1. The molecule has 0 bridgehead atoms. The molecule has 0 aliphatic carbocycles. The lowest BCUT2D eigenvalue weighted by Crippen LogP contribution is -2.21. The molecule has 2 N–H and O–H groups in total. The molecule has 0 radical (unpaired) electrons. The first-order valence-corrected chi connectivity index (χ1v) is 5.86. The zero-order chi connectivity index (χ0) is 12.7. The first kappa shape index (κ1) is 11.8. The molecule has 1 fully saturated rings. The van der Waals surface area contributed by atoms with E-state index in [2.05, 4.69) is 15.0 Å². The molecule has 7 nitrogen and oxygen atoms in total. The number of rotatable bonds is 2. The van der Waals surface area contributed by atoms with Gasteiger partial charge in [-0.05, 0) is 0 Å². The van der Waals surface area contributed by atoms with Gasteiger partial charge in [-0.25, -0.2) is 15.0 Å². The Morgan fingerprint density at radius 3 is 3.00 bits per heavy atom. The van der Waals surface area contributed by atoms with Crippen molar-refractivity contribution in [2.45, 2.75) is 24.9 Å². The van der Waals surface area contributed by atoms with E-state index in [-0.39, 0.29) is 6.61 Å². The van der Waals surface area contributed by atoms with E-state index in [0.717, 1.165) is 0 Å². The summed E-state index contributed by atoms with van der Waals surface area (Å²) >= 11 is 6.19. The molecular weight excluding hydrogens is 260 g/mol. The van der Waals surface area contributed by atoms with Crippen LogP contribution in [0.15, 0.2) is 12.7 Å². The third kappa shape index (κ3) is 1.76. The molecule has 0 aromatic heterocycles. The molecule has 0 saturated carbocycles. The van der Waals surface area contributed by atoms with Crippen LogP contribution in [-0.2, 0) is 4.74 Å². The summed E-state index contributed by atoms with van der Waals surface area (Å²) in [5.74, 6) is 0.447. The van der Waals surface area contributed by atoms with E-state index in [9.17, 15) is 5.11 Å². The fourth-order valence-corrected chi connectivity index (χ4v) is 2.34. The highest BCUT2D eigenvalue weighted by molar-refractivity contribution is 6.31. The van der Waals surface area contributed by atoms with Crippen LogP contribution in [0.25, 0.3) is 11.5 Å².